The van der Waals surface area contributed by atoms with Crippen molar-refractivity contribution in [2.75, 3.05) is 11.5 Å². The Balaban J connectivity index is 2.72. The Morgan fingerprint density at radius 1 is 1.62 bits per heavy atom. The van der Waals surface area contributed by atoms with Gasteiger partial charge in [0.2, 0.25) is 0 Å². The van der Waals surface area contributed by atoms with Crippen molar-refractivity contribution in [3.05, 3.63) is 34.3 Å². The summed E-state index contributed by atoms with van der Waals surface area (Å²) in [4.78, 5) is 1.02. The monoisotopic (exact) mass is 277 g/mol. The van der Waals surface area contributed by atoms with E-state index in [9.17, 15) is 0 Å². The lowest BCUT2D eigenvalue weighted by molar-refractivity contribution is 1.46. The van der Waals surface area contributed by atoms with Crippen LogP contribution in [0.3, 0.4) is 0 Å². The van der Waals surface area contributed by atoms with Gasteiger partial charge in [-0.1, -0.05) is 34.1 Å². The van der Waals surface area contributed by atoms with Crippen molar-refractivity contribution >= 4 is 45.0 Å². The number of anilines is 1. The van der Waals surface area contributed by atoms with E-state index in [1.807, 2.05) is 12.1 Å². The lowest BCUT2D eigenvalue weighted by Gasteiger charge is -2.03. The van der Waals surface area contributed by atoms with E-state index in [0.717, 1.165) is 15.1 Å². The fourth-order valence-corrected chi connectivity index (χ4v) is 2.16. The van der Waals surface area contributed by atoms with Crippen LogP contribution in [0.25, 0.3) is 0 Å². The molecule has 0 bridgehead atoms. The topological polar surface area (TPSA) is 26.0 Å². The third-order valence-corrected chi connectivity index (χ3v) is 3.58. The average Bonchev–Trinajstić information content (AvgIpc) is 2.02. The fourth-order valence-electron chi connectivity index (χ4n) is 0.790. The highest BCUT2D eigenvalue weighted by Crippen LogP contribution is 2.30. The van der Waals surface area contributed by atoms with Gasteiger partial charge in [0.25, 0.3) is 0 Å². The molecule has 2 N–H and O–H groups in total. The largest absolute Gasteiger partial charge is 0.399 e. The summed E-state index contributed by atoms with van der Waals surface area (Å²) in [7, 11) is 0. The first kappa shape index (κ1) is 11.0. The first-order valence-electron chi connectivity index (χ1n) is 3.60. The van der Waals surface area contributed by atoms with Crippen LogP contribution >= 0.6 is 39.3 Å². The number of hydrogen-bond donors (Lipinski definition) is 1. The van der Waals surface area contributed by atoms with Crippen LogP contribution in [0.5, 0.6) is 0 Å². The molecule has 70 valence electrons. The minimum Gasteiger partial charge on any atom is -0.399 e. The predicted molar refractivity (Wildman–Crippen MR) is 64.7 cm³/mol. The van der Waals surface area contributed by atoms with E-state index in [2.05, 4.69) is 22.5 Å². The first-order valence-corrected chi connectivity index (χ1v) is 5.76. The van der Waals surface area contributed by atoms with Crippen molar-refractivity contribution in [1.29, 1.82) is 0 Å². The third-order valence-electron chi connectivity index (χ3n) is 1.34. The standard InChI is InChI=1S/C9H9BrClNS/c1-6(10)5-13-9-3-2-7(12)4-8(9)11/h2-4H,1,5,12H2. The van der Waals surface area contributed by atoms with Gasteiger partial charge < -0.3 is 5.73 Å². The molecular weight excluding hydrogens is 270 g/mol. The van der Waals surface area contributed by atoms with Gasteiger partial charge in [0.1, 0.15) is 0 Å². The molecule has 0 saturated carbocycles. The number of hydrogen-bond acceptors (Lipinski definition) is 2. The number of thioether (sulfide) groups is 1. The Morgan fingerprint density at radius 2 is 2.31 bits per heavy atom. The quantitative estimate of drug-likeness (QED) is 0.670. The Morgan fingerprint density at radius 3 is 2.85 bits per heavy atom. The molecule has 0 atom stereocenters. The summed E-state index contributed by atoms with van der Waals surface area (Å²) < 4.78 is 0.949. The first-order chi connectivity index (χ1) is 6.09. The molecule has 0 aliphatic heterocycles. The number of nitrogens with two attached hydrogens (primary N) is 1. The van der Waals surface area contributed by atoms with Crippen LogP contribution in [-0.2, 0) is 0 Å². The second-order valence-electron chi connectivity index (χ2n) is 2.50. The number of benzene rings is 1. The maximum Gasteiger partial charge on any atom is 0.0562 e. The van der Waals surface area contributed by atoms with Crippen LogP contribution in [0.15, 0.2) is 34.2 Å². The van der Waals surface area contributed by atoms with Crippen molar-refractivity contribution in [1.82, 2.24) is 0 Å². The molecule has 0 heterocycles. The van der Waals surface area contributed by atoms with Gasteiger partial charge in [0, 0.05) is 16.3 Å². The zero-order valence-electron chi connectivity index (χ0n) is 6.89. The molecule has 0 amide bonds. The smallest absolute Gasteiger partial charge is 0.0562 e. The lowest BCUT2D eigenvalue weighted by Crippen LogP contribution is -1.85. The molecule has 0 saturated heterocycles. The summed E-state index contributed by atoms with van der Waals surface area (Å²) in [6.45, 7) is 3.75. The second kappa shape index (κ2) is 4.94. The van der Waals surface area contributed by atoms with Crippen molar-refractivity contribution in [2.24, 2.45) is 0 Å². The van der Waals surface area contributed by atoms with E-state index in [1.54, 1.807) is 17.8 Å². The van der Waals surface area contributed by atoms with Crippen molar-refractivity contribution in [3.63, 3.8) is 0 Å². The average molecular weight is 279 g/mol. The maximum atomic E-state index is 5.97. The molecule has 0 unspecified atom stereocenters. The highest BCUT2D eigenvalue weighted by molar-refractivity contribution is 9.11. The van der Waals surface area contributed by atoms with Crippen LogP contribution in [0.1, 0.15) is 0 Å². The summed E-state index contributed by atoms with van der Waals surface area (Å²) in [5.41, 5.74) is 6.25. The van der Waals surface area contributed by atoms with Gasteiger partial charge >= 0.3 is 0 Å². The highest BCUT2D eigenvalue weighted by atomic mass is 79.9. The predicted octanol–water partition coefficient (Wildman–Crippen LogP) is 3.92. The molecule has 0 fully saturated rings. The van der Waals surface area contributed by atoms with E-state index < -0.39 is 0 Å². The molecule has 0 aliphatic carbocycles. The molecule has 1 nitrogen and oxygen atoms in total. The molecule has 0 aromatic heterocycles. The van der Waals surface area contributed by atoms with E-state index in [1.165, 1.54) is 0 Å². The molecule has 1 aromatic carbocycles. The SMILES string of the molecule is C=C(Br)CSc1ccc(N)cc1Cl. The summed E-state index contributed by atoms with van der Waals surface area (Å²) in [6.07, 6.45) is 0. The van der Waals surface area contributed by atoms with Crippen LogP contribution < -0.4 is 5.73 Å². The van der Waals surface area contributed by atoms with Gasteiger partial charge in [0.15, 0.2) is 0 Å². The minimum absolute atomic E-state index is 0.687. The molecule has 13 heavy (non-hydrogen) atoms. The number of nitrogen functional groups attached to an aromatic ring is 1. The summed E-state index contributed by atoms with van der Waals surface area (Å²) >= 11 is 10.9. The van der Waals surface area contributed by atoms with Crippen molar-refractivity contribution in [2.45, 2.75) is 4.90 Å². The van der Waals surface area contributed by atoms with E-state index in [0.29, 0.717) is 10.7 Å². The maximum absolute atomic E-state index is 5.97. The molecule has 1 rings (SSSR count). The zero-order valence-corrected chi connectivity index (χ0v) is 10.0. The van der Waals surface area contributed by atoms with Crippen molar-refractivity contribution in [3.8, 4) is 0 Å². The van der Waals surface area contributed by atoms with E-state index in [-0.39, 0.29) is 0 Å². The van der Waals surface area contributed by atoms with Crippen LogP contribution in [0, 0.1) is 0 Å². The summed E-state index contributed by atoms with van der Waals surface area (Å²) in [5, 5.41) is 0.693. The number of rotatable bonds is 3. The molecule has 4 heteroatoms. The van der Waals surface area contributed by atoms with Crippen LogP contribution in [0.2, 0.25) is 5.02 Å². The fraction of sp³-hybridized carbons (Fsp3) is 0.111. The Hall–Kier alpha value is -0.120. The lowest BCUT2D eigenvalue weighted by atomic mass is 10.3. The molecule has 0 spiro atoms. The van der Waals surface area contributed by atoms with Gasteiger partial charge in [-0.15, -0.1) is 11.8 Å². The van der Waals surface area contributed by atoms with Gasteiger partial charge in [-0.25, -0.2) is 0 Å². The molecular formula is C9H9BrClNS. The van der Waals surface area contributed by atoms with Crippen molar-refractivity contribution < 1.29 is 0 Å². The minimum atomic E-state index is 0.687. The normalized spacial score (nSPS) is 10.0. The van der Waals surface area contributed by atoms with Crippen LogP contribution in [0.4, 0.5) is 5.69 Å². The second-order valence-corrected chi connectivity index (χ2v) is 5.04. The molecule has 0 radical (unpaired) electrons. The van der Waals surface area contributed by atoms with Gasteiger partial charge in [0.05, 0.1) is 5.02 Å². The molecule has 0 aliphatic rings. The highest BCUT2D eigenvalue weighted by Gasteiger charge is 2.01. The van der Waals surface area contributed by atoms with Gasteiger partial charge in [-0.3, -0.25) is 0 Å². The van der Waals surface area contributed by atoms with E-state index >= 15 is 0 Å². The molecule has 1 aromatic rings. The van der Waals surface area contributed by atoms with Gasteiger partial charge in [-0.2, -0.15) is 0 Å². The summed E-state index contributed by atoms with van der Waals surface area (Å²) in [5.74, 6) is 0.809. The summed E-state index contributed by atoms with van der Waals surface area (Å²) in [6, 6.07) is 5.50. The Labute approximate surface area is 95.5 Å². The van der Waals surface area contributed by atoms with Crippen LogP contribution in [-0.4, -0.2) is 5.75 Å². The third kappa shape index (κ3) is 3.63. The number of halogens is 2. The Kier molecular flexibility index (Phi) is 4.16. The van der Waals surface area contributed by atoms with Gasteiger partial charge in [-0.05, 0) is 22.7 Å². The van der Waals surface area contributed by atoms with E-state index in [4.69, 9.17) is 17.3 Å². The zero-order chi connectivity index (χ0) is 9.84. The Bertz CT molecular complexity index is 327.